The predicted molar refractivity (Wildman–Crippen MR) is 103 cm³/mol. The van der Waals surface area contributed by atoms with Gasteiger partial charge in [0.25, 0.3) is 0 Å². The van der Waals surface area contributed by atoms with Crippen LogP contribution in [0.5, 0.6) is 5.75 Å². The summed E-state index contributed by atoms with van der Waals surface area (Å²) in [5, 5.41) is 9.60. The van der Waals surface area contributed by atoms with Gasteiger partial charge in [-0.1, -0.05) is 29.3 Å². The van der Waals surface area contributed by atoms with E-state index in [1.165, 1.54) is 0 Å². The molecule has 2 aromatic carbocycles. The minimum Gasteiger partial charge on any atom is -0.492 e. The van der Waals surface area contributed by atoms with Crippen molar-refractivity contribution in [3.05, 3.63) is 64.5 Å². The molecule has 3 rings (SSSR count). The molecule has 0 aliphatic heterocycles. The SMILES string of the molecule is CC(c1nnc(-c2cccc(Cl)c2)o1)N(C)CCOc1ccc(Cl)cc1. The van der Waals surface area contributed by atoms with Crippen LogP contribution in [0.4, 0.5) is 0 Å². The third kappa shape index (κ3) is 4.75. The fourth-order valence-electron chi connectivity index (χ4n) is 2.36. The van der Waals surface area contributed by atoms with E-state index in [0.717, 1.165) is 11.3 Å². The molecule has 7 heteroatoms. The molecule has 3 aromatic rings. The number of nitrogens with zero attached hydrogens (tertiary/aromatic N) is 3. The van der Waals surface area contributed by atoms with Crippen molar-refractivity contribution >= 4 is 23.2 Å². The number of halogens is 2. The second-order valence-corrected chi connectivity index (χ2v) is 6.79. The van der Waals surface area contributed by atoms with Crippen LogP contribution in [0.25, 0.3) is 11.5 Å². The van der Waals surface area contributed by atoms with Gasteiger partial charge in [0.15, 0.2) is 0 Å². The fraction of sp³-hybridized carbons (Fsp3) is 0.263. The molecule has 26 heavy (non-hydrogen) atoms. The average Bonchev–Trinajstić information content (AvgIpc) is 3.13. The molecule has 0 aliphatic carbocycles. The molecule has 1 heterocycles. The van der Waals surface area contributed by atoms with Crippen molar-refractivity contribution in [2.45, 2.75) is 13.0 Å². The van der Waals surface area contributed by atoms with Gasteiger partial charge in [0, 0.05) is 22.2 Å². The second-order valence-electron chi connectivity index (χ2n) is 5.91. The standard InChI is InChI=1S/C19H19Cl2N3O2/c1-13(24(2)10-11-25-17-8-6-15(20)7-9-17)18-22-23-19(26-18)14-4-3-5-16(21)12-14/h3-9,12-13H,10-11H2,1-2H3. The first-order valence-corrected chi connectivity index (χ1v) is 8.96. The van der Waals surface area contributed by atoms with E-state index in [1.54, 1.807) is 24.3 Å². The number of benzene rings is 2. The third-order valence-electron chi connectivity index (χ3n) is 4.06. The van der Waals surface area contributed by atoms with Crippen LogP contribution in [0, 0.1) is 0 Å². The Morgan fingerprint density at radius 1 is 1.08 bits per heavy atom. The van der Waals surface area contributed by atoms with Crippen molar-refractivity contribution in [2.75, 3.05) is 20.2 Å². The summed E-state index contributed by atoms with van der Waals surface area (Å²) in [5.41, 5.74) is 0.803. The largest absolute Gasteiger partial charge is 0.492 e. The first kappa shape index (κ1) is 18.7. The maximum Gasteiger partial charge on any atom is 0.247 e. The first-order chi connectivity index (χ1) is 12.5. The van der Waals surface area contributed by atoms with E-state index < -0.39 is 0 Å². The van der Waals surface area contributed by atoms with E-state index in [-0.39, 0.29) is 6.04 Å². The molecular formula is C19H19Cl2N3O2. The van der Waals surface area contributed by atoms with Crippen molar-refractivity contribution in [3.63, 3.8) is 0 Å². The molecule has 0 spiro atoms. The molecule has 0 radical (unpaired) electrons. The van der Waals surface area contributed by atoms with Crippen LogP contribution < -0.4 is 4.74 Å². The van der Waals surface area contributed by atoms with Crippen LogP contribution in [-0.2, 0) is 0 Å². The lowest BCUT2D eigenvalue weighted by Gasteiger charge is -2.21. The topological polar surface area (TPSA) is 51.4 Å². The summed E-state index contributed by atoms with van der Waals surface area (Å²) >= 11 is 11.9. The monoisotopic (exact) mass is 391 g/mol. The van der Waals surface area contributed by atoms with Crippen LogP contribution in [-0.4, -0.2) is 35.3 Å². The van der Waals surface area contributed by atoms with E-state index in [1.807, 2.05) is 38.2 Å². The quantitative estimate of drug-likeness (QED) is 0.559. The normalized spacial score (nSPS) is 12.3. The Morgan fingerprint density at radius 2 is 1.85 bits per heavy atom. The van der Waals surface area contributed by atoms with Gasteiger partial charge in [-0.15, -0.1) is 10.2 Å². The fourth-order valence-corrected chi connectivity index (χ4v) is 2.68. The van der Waals surface area contributed by atoms with Crippen molar-refractivity contribution < 1.29 is 9.15 Å². The zero-order valence-corrected chi connectivity index (χ0v) is 16.0. The summed E-state index contributed by atoms with van der Waals surface area (Å²) in [5.74, 6) is 1.80. The highest BCUT2D eigenvalue weighted by molar-refractivity contribution is 6.31. The lowest BCUT2D eigenvalue weighted by atomic mass is 10.2. The maximum atomic E-state index is 6.01. The molecular weight excluding hydrogens is 373 g/mol. The van der Waals surface area contributed by atoms with Crippen LogP contribution in [0.15, 0.2) is 52.9 Å². The number of ether oxygens (including phenoxy) is 1. The minimum atomic E-state index is -0.0377. The van der Waals surface area contributed by atoms with E-state index >= 15 is 0 Å². The summed E-state index contributed by atoms with van der Waals surface area (Å²) in [4.78, 5) is 2.09. The Kier molecular flexibility index (Phi) is 6.14. The smallest absolute Gasteiger partial charge is 0.247 e. The average molecular weight is 392 g/mol. The number of rotatable bonds is 7. The van der Waals surface area contributed by atoms with Crippen LogP contribution in [0.2, 0.25) is 10.0 Å². The Balaban J connectivity index is 1.56. The number of aromatic nitrogens is 2. The Labute approximate surface area is 162 Å². The highest BCUT2D eigenvalue weighted by Gasteiger charge is 2.19. The van der Waals surface area contributed by atoms with E-state index in [2.05, 4.69) is 15.1 Å². The Bertz CT molecular complexity index is 852. The summed E-state index contributed by atoms with van der Waals surface area (Å²) in [6.07, 6.45) is 0. The first-order valence-electron chi connectivity index (χ1n) is 8.21. The summed E-state index contributed by atoms with van der Waals surface area (Å²) < 4.78 is 11.5. The summed E-state index contributed by atoms with van der Waals surface area (Å²) in [6, 6.07) is 14.6. The highest BCUT2D eigenvalue weighted by Crippen LogP contribution is 2.25. The van der Waals surface area contributed by atoms with E-state index in [4.69, 9.17) is 32.4 Å². The molecule has 0 N–H and O–H groups in total. The zero-order valence-electron chi connectivity index (χ0n) is 14.5. The highest BCUT2D eigenvalue weighted by atomic mass is 35.5. The minimum absolute atomic E-state index is 0.0377. The van der Waals surface area contributed by atoms with Gasteiger partial charge < -0.3 is 9.15 Å². The molecule has 0 bridgehead atoms. The van der Waals surface area contributed by atoms with Crippen LogP contribution in [0.1, 0.15) is 18.9 Å². The van der Waals surface area contributed by atoms with Gasteiger partial charge in [-0.05, 0) is 56.4 Å². The van der Waals surface area contributed by atoms with Gasteiger partial charge in [-0.2, -0.15) is 0 Å². The maximum absolute atomic E-state index is 6.01. The summed E-state index contributed by atoms with van der Waals surface area (Å²) in [6.45, 7) is 3.26. The zero-order chi connectivity index (χ0) is 18.5. The number of hydrogen-bond donors (Lipinski definition) is 0. The Hall–Kier alpha value is -2.08. The van der Waals surface area contributed by atoms with Crippen molar-refractivity contribution in [1.82, 2.24) is 15.1 Å². The van der Waals surface area contributed by atoms with E-state index in [0.29, 0.717) is 35.0 Å². The molecule has 0 saturated heterocycles. The second kappa shape index (κ2) is 8.54. The van der Waals surface area contributed by atoms with Gasteiger partial charge in [0.05, 0.1) is 6.04 Å². The predicted octanol–water partition coefficient (Wildman–Crippen LogP) is 5.12. The van der Waals surface area contributed by atoms with Crippen molar-refractivity contribution in [2.24, 2.45) is 0 Å². The van der Waals surface area contributed by atoms with Crippen molar-refractivity contribution in [1.29, 1.82) is 0 Å². The van der Waals surface area contributed by atoms with Crippen LogP contribution >= 0.6 is 23.2 Å². The van der Waals surface area contributed by atoms with Crippen molar-refractivity contribution in [3.8, 4) is 17.2 Å². The molecule has 136 valence electrons. The lowest BCUT2D eigenvalue weighted by molar-refractivity contribution is 0.182. The molecule has 1 atom stereocenters. The van der Waals surface area contributed by atoms with Gasteiger partial charge in [-0.25, -0.2) is 0 Å². The number of likely N-dealkylation sites (N-methyl/N-ethyl adjacent to an activating group) is 1. The van der Waals surface area contributed by atoms with Gasteiger partial charge in [0.2, 0.25) is 11.8 Å². The van der Waals surface area contributed by atoms with E-state index in [9.17, 15) is 0 Å². The molecule has 1 unspecified atom stereocenters. The molecule has 0 amide bonds. The van der Waals surface area contributed by atoms with Gasteiger partial charge in [0.1, 0.15) is 12.4 Å². The van der Waals surface area contributed by atoms with Gasteiger partial charge >= 0.3 is 0 Å². The molecule has 0 saturated carbocycles. The summed E-state index contributed by atoms with van der Waals surface area (Å²) in [7, 11) is 1.99. The number of hydrogen-bond acceptors (Lipinski definition) is 5. The molecule has 5 nitrogen and oxygen atoms in total. The molecule has 0 fully saturated rings. The molecule has 1 aromatic heterocycles. The lowest BCUT2D eigenvalue weighted by Crippen LogP contribution is -2.27. The van der Waals surface area contributed by atoms with Gasteiger partial charge in [-0.3, -0.25) is 4.90 Å². The molecule has 0 aliphatic rings. The third-order valence-corrected chi connectivity index (χ3v) is 4.54. The Morgan fingerprint density at radius 3 is 2.58 bits per heavy atom. The van der Waals surface area contributed by atoms with Crippen LogP contribution in [0.3, 0.4) is 0 Å².